The van der Waals surface area contributed by atoms with Crippen molar-refractivity contribution in [3.05, 3.63) is 166 Å². The number of alkyl carbamates (subject to hydrolysis) is 2. The van der Waals surface area contributed by atoms with Gasteiger partial charge >= 0.3 is 24.1 Å². The Bertz CT molecular complexity index is 4410. The van der Waals surface area contributed by atoms with E-state index in [0.29, 0.717) is 0 Å². The molecular formula is C86H104N12O20. The van der Waals surface area contributed by atoms with Crippen LogP contribution < -0.4 is 63.8 Å². The van der Waals surface area contributed by atoms with Crippen LogP contribution in [0.3, 0.4) is 0 Å². The molecule has 0 radical (unpaired) electrons. The molecule has 0 saturated heterocycles. The summed E-state index contributed by atoms with van der Waals surface area (Å²) < 4.78 is 11.2. The van der Waals surface area contributed by atoms with Gasteiger partial charge in [-0.1, -0.05) is 152 Å². The van der Waals surface area contributed by atoms with Crippen molar-refractivity contribution in [1.29, 1.82) is 0 Å². The van der Waals surface area contributed by atoms with E-state index >= 15 is 0 Å². The summed E-state index contributed by atoms with van der Waals surface area (Å²) in [6.45, 7) is 16.3. The van der Waals surface area contributed by atoms with Crippen LogP contribution in [-0.2, 0) is 57.4 Å². The van der Waals surface area contributed by atoms with Crippen molar-refractivity contribution in [2.45, 2.75) is 168 Å². The summed E-state index contributed by atoms with van der Waals surface area (Å²) in [6, 6.07) is 24.7. The van der Waals surface area contributed by atoms with E-state index in [4.69, 9.17) is 9.47 Å². The predicted octanol–water partition coefficient (Wildman–Crippen LogP) is 6.83. The standard InChI is InChI=1S/C86H104N12O20/c1-43(2)35-61(93-77(107)47(9)91-81(111)63(37-45(5)6)95-83(113)65(39-69(101)102)97-85(115)117-41-57-53-23-15-11-19-49(53)50-20-12-16-24-54(50)57)79(109)89-33-31-87-59-27-28-60(72-71(59)75(105)73-67(99)29-30-68(100)74(73)76(72)106)88-32-34-90-80(110)62(36-44(3)4)94-78(108)48(10)92-82(112)64(38-46(7)8)96-84(114)66(40-70(103)104)98-86(116)118-42-58-55-25-17-13-21-51(55)52-22-14-18-26-56(52)58/h11-30,43-48,57-58,61-66,87-88,99-100H,31-42H2,1-10H3,(H,89,109)(H,90,110)(H,91,111)(H,92,112)(H,93,107)(H,94,108)(H,95,113)(H,96,114)(H,97,115)(H,98,116)(H,101,102)(H,103,104)/t47-,48-,61-,62-,63-,64-,65-,66-/m0/s1. The van der Waals surface area contributed by atoms with Crippen molar-refractivity contribution in [2.24, 2.45) is 23.7 Å². The Balaban J connectivity index is 0.773. The van der Waals surface area contributed by atoms with Crippen molar-refractivity contribution in [3.8, 4) is 33.8 Å². The van der Waals surface area contributed by atoms with Crippen LogP contribution in [0.2, 0.25) is 0 Å². The molecule has 0 unspecified atom stereocenters. The molecular weight excluding hydrogens is 1520 g/mol. The maximum Gasteiger partial charge on any atom is 0.407 e. The highest BCUT2D eigenvalue weighted by molar-refractivity contribution is 6.33. The van der Waals surface area contributed by atoms with E-state index in [1.165, 1.54) is 26.0 Å². The van der Waals surface area contributed by atoms with Gasteiger partial charge in [-0.05, 0) is 132 Å². The van der Waals surface area contributed by atoms with Crippen LogP contribution in [0.25, 0.3) is 22.3 Å². The molecule has 32 nitrogen and oxygen atoms in total. The van der Waals surface area contributed by atoms with E-state index in [-0.39, 0.29) is 123 Å². The number of anilines is 2. The zero-order valence-corrected chi connectivity index (χ0v) is 67.4. The number of fused-ring (bicyclic) bond motifs is 8. The number of nitrogens with one attached hydrogen (secondary N) is 12. The van der Waals surface area contributed by atoms with Gasteiger partial charge in [-0.2, -0.15) is 0 Å². The number of carbonyl (C=O) groups is 14. The fraction of sp³-hybridized carbons (Fsp3) is 0.419. The molecule has 10 amide bonds. The highest BCUT2D eigenvalue weighted by Crippen LogP contribution is 2.47. The van der Waals surface area contributed by atoms with Gasteiger partial charge in [-0.3, -0.25) is 57.5 Å². The van der Waals surface area contributed by atoms with Gasteiger partial charge in [0, 0.05) is 49.4 Å². The van der Waals surface area contributed by atoms with Crippen molar-refractivity contribution >= 4 is 94.3 Å². The average molecular weight is 1630 g/mol. The number of aromatic hydroxyl groups is 2. The highest BCUT2D eigenvalue weighted by atomic mass is 16.6. The minimum Gasteiger partial charge on any atom is -0.507 e. The van der Waals surface area contributed by atoms with E-state index < -0.39 is 167 Å². The molecule has 0 aromatic heterocycles. The van der Waals surface area contributed by atoms with Gasteiger partial charge in [-0.25, -0.2) is 9.59 Å². The molecule has 8 atom stereocenters. The Kier molecular flexibility index (Phi) is 30.6. The quantitative estimate of drug-likeness (QED) is 0.0138. The zero-order chi connectivity index (χ0) is 85.9. The summed E-state index contributed by atoms with van der Waals surface area (Å²) in [4.78, 5) is 191. The number of carbonyl (C=O) groups excluding carboxylic acids is 12. The number of ether oxygens (including phenoxy) is 2. The second-order valence-electron chi connectivity index (χ2n) is 31.3. The molecule has 628 valence electrons. The van der Waals surface area contributed by atoms with E-state index in [1.807, 2.05) is 125 Å². The lowest BCUT2D eigenvalue weighted by molar-refractivity contribution is -0.140. The molecule has 16 N–H and O–H groups in total. The molecule has 6 aromatic carbocycles. The fourth-order valence-corrected chi connectivity index (χ4v) is 14.7. The van der Waals surface area contributed by atoms with Gasteiger partial charge in [0.2, 0.25) is 58.8 Å². The molecule has 3 aliphatic rings. The number of aliphatic carboxylic acids is 2. The summed E-state index contributed by atoms with van der Waals surface area (Å²) in [5.41, 5.74) is 6.38. The summed E-state index contributed by atoms with van der Waals surface area (Å²) >= 11 is 0. The molecule has 6 aromatic rings. The highest BCUT2D eigenvalue weighted by Gasteiger charge is 2.41. The maximum atomic E-state index is 14.5. The first-order valence-electron chi connectivity index (χ1n) is 39.4. The smallest absolute Gasteiger partial charge is 0.407 e. The third kappa shape index (κ3) is 22.8. The number of rotatable bonds is 40. The number of phenols is 2. The zero-order valence-electron chi connectivity index (χ0n) is 67.4. The summed E-state index contributed by atoms with van der Waals surface area (Å²) in [6.07, 6.45) is -3.58. The Labute approximate surface area is 682 Å². The number of benzene rings is 6. The molecule has 118 heavy (non-hydrogen) atoms. The normalized spacial score (nSPS) is 14.5. The first-order valence-corrected chi connectivity index (χ1v) is 39.4. The lowest BCUT2D eigenvalue weighted by atomic mass is 9.81. The van der Waals surface area contributed by atoms with E-state index in [9.17, 15) is 87.5 Å². The molecule has 0 fully saturated rings. The Morgan fingerprint density at radius 1 is 0.331 bits per heavy atom. The van der Waals surface area contributed by atoms with E-state index in [0.717, 1.165) is 56.6 Å². The fourth-order valence-electron chi connectivity index (χ4n) is 14.7. The number of hydrogen-bond acceptors (Lipinski definition) is 20. The monoisotopic (exact) mass is 1620 g/mol. The number of carboxylic acids is 2. The number of amides is 10. The minimum atomic E-state index is -1.68. The second kappa shape index (κ2) is 40.6. The van der Waals surface area contributed by atoms with Gasteiger partial charge in [0.15, 0.2) is 0 Å². The molecule has 3 aliphatic carbocycles. The Morgan fingerprint density at radius 2 is 0.610 bits per heavy atom. The summed E-state index contributed by atoms with van der Waals surface area (Å²) in [7, 11) is 0. The van der Waals surface area contributed by atoms with Gasteiger partial charge in [0.1, 0.15) is 73.0 Å². The number of hydrogen-bond donors (Lipinski definition) is 16. The van der Waals surface area contributed by atoms with Gasteiger partial charge in [0.25, 0.3) is 0 Å². The van der Waals surface area contributed by atoms with E-state index in [1.54, 1.807) is 27.7 Å². The van der Waals surface area contributed by atoms with Crippen LogP contribution in [-0.4, -0.2) is 191 Å². The third-order valence-corrected chi connectivity index (χ3v) is 20.3. The molecule has 0 bridgehead atoms. The summed E-state index contributed by atoms with van der Waals surface area (Å²) in [5.74, 6) is -13.7. The van der Waals surface area contributed by atoms with Crippen LogP contribution in [0.1, 0.15) is 174 Å². The molecule has 0 heterocycles. The maximum absolute atomic E-state index is 14.5. The number of carboxylic acid groups (broad SMARTS) is 2. The van der Waals surface area contributed by atoms with E-state index in [2.05, 4.69) is 63.8 Å². The van der Waals surface area contributed by atoms with Gasteiger partial charge in [0.05, 0.1) is 35.1 Å². The van der Waals surface area contributed by atoms with Crippen LogP contribution in [0.15, 0.2) is 121 Å². The average Bonchev–Trinajstić information content (AvgIpc) is 1.09. The molecule has 32 heteroatoms. The predicted molar refractivity (Wildman–Crippen MR) is 435 cm³/mol. The number of phenolic OH excluding ortho intramolecular Hbond substituents is 2. The first kappa shape index (κ1) is 89.0. The second-order valence-corrected chi connectivity index (χ2v) is 31.3. The minimum absolute atomic E-state index is 0.0221. The van der Waals surface area contributed by atoms with Crippen LogP contribution >= 0.6 is 0 Å². The van der Waals surface area contributed by atoms with Gasteiger partial charge < -0.3 is 93.7 Å². The summed E-state index contributed by atoms with van der Waals surface area (Å²) in [5, 5.41) is 73.5. The lowest BCUT2D eigenvalue weighted by Crippen LogP contribution is -2.58. The van der Waals surface area contributed by atoms with Crippen molar-refractivity contribution in [2.75, 3.05) is 50.0 Å². The largest absolute Gasteiger partial charge is 0.507 e. The first-order chi connectivity index (χ1) is 56.1. The van der Waals surface area contributed by atoms with Crippen molar-refractivity contribution < 1.29 is 97.0 Å². The van der Waals surface area contributed by atoms with Crippen LogP contribution in [0, 0.1) is 23.7 Å². The van der Waals surface area contributed by atoms with Crippen molar-refractivity contribution in [1.82, 2.24) is 53.2 Å². The van der Waals surface area contributed by atoms with Crippen LogP contribution in [0.5, 0.6) is 11.5 Å². The van der Waals surface area contributed by atoms with Gasteiger partial charge in [-0.15, -0.1) is 0 Å². The topological polar surface area (TPSA) is 483 Å². The molecule has 9 rings (SSSR count). The SMILES string of the molecule is CC(C)C[C@H](NC(=O)[C@H](C)NC(=O)[C@H](CC(C)C)NC(=O)[C@H](CC(=O)O)NC(=O)OCC1c2ccccc2-c2ccccc21)C(=O)NCCNc1ccc(NCCNC(=O)[C@H](CC(C)C)NC(=O)[C@H](C)NC(=O)[C@H](CC(C)C)NC(=O)[C@H](CC(=O)O)NC(=O)OCC2c3ccccc3-c3ccccc32)c2c1C(=O)c1c(O)ccc(O)c1C2=O. The molecule has 0 saturated carbocycles. The molecule has 0 spiro atoms. The Morgan fingerprint density at radius 3 is 0.907 bits per heavy atom. The Hall–Kier alpha value is -12.9. The molecule has 0 aliphatic heterocycles. The lowest BCUT2D eigenvalue weighted by Gasteiger charge is -2.26. The van der Waals surface area contributed by atoms with Crippen molar-refractivity contribution in [3.63, 3.8) is 0 Å². The third-order valence-electron chi connectivity index (χ3n) is 20.3. The van der Waals surface area contributed by atoms with Crippen LogP contribution in [0.4, 0.5) is 21.0 Å². The number of ketones is 2.